The SMILES string of the molecule is Cc1ccc(O)c(C)c1Nc1nn(C)c2cc(Nc3cccc(O)n3)ncc12. The highest BCUT2D eigenvalue weighted by Crippen LogP contribution is 2.33. The van der Waals surface area contributed by atoms with E-state index in [1.165, 1.54) is 6.07 Å². The zero-order chi connectivity index (χ0) is 19.8. The van der Waals surface area contributed by atoms with E-state index < -0.39 is 0 Å². The van der Waals surface area contributed by atoms with Crippen LogP contribution in [0.25, 0.3) is 10.9 Å². The van der Waals surface area contributed by atoms with Crippen molar-refractivity contribution in [2.24, 2.45) is 7.05 Å². The summed E-state index contributed by atoms with van der Waals surface area (Å²) in [7, 11) is 1.85. The largest absolute Gasteiger partial charge is 0.508 e. The van der Waals surface area contributed by atoms with Gasteiger partial charge in [0.25, 0.3) is 0 Å². The van der Waals surface area contributed by atoms with Crippen LogP contribution in [0, 0.1) is 13.8 Å². The molecule has 8 nitrogen and oxygen atoms in total. The van der Waals surface area contributed by atoms with E-state index in [1.807, 2.05) is 33.0 Å². The molecule has 0 unspecified atom stereocenters. The van der Waals surface area contributed by atoms with E-state index in [0.717, 1.165) is 27.7 Å². The molecule has 0 bridgehead atoms. The monoisotopic (exact) mass is 376 g/mol. The number of nitrogens with one attached hydrogen (secondary N) is 2. The molecule has 8 heteroatoms. The highest BCUT2D eigenvalue weighted by atomic mass is 16.3. The number of aromatic nitrogens is 4. The summed E-state index contributed by atoms with van der Waals surface area (Å²) in [5.41, 5.74) is 3.47. The Morgan fingerprint density at radius 1 is 1.00 bits per heavy atom. The minimum atomic E-state index is -0.0602. The van der Waals surface area contributed by atoms with Gasteiger partial charge in [-0.15, -0.1) is 0 Å². The van der Waals surface area contributed by atoms with Gasteiger partial charge in [0.05, 0.1) is 10.9 Å². The molecule has 1 aromatic carbocycles. The first kappa shape index (κ1) is 17.6. The first-order valence-electron chi connectivity index (χ1n) is 8.74. The van der Waals surface area contributed by atoms with Gasteiger partial charge in [-0.25, -0.2) is 4.98 Å². The van der Waals surface area contributed by atoms with E-state index in [9.17, 15) is 10.2 Å². The third kappa shape index (κ3) is 3.16. The van der Waals surface area contributed by atoms with Crippen LogP contribution in [0.4, 0.5) is 23.1 Å². The normalized spacial score (nSPS) is 11.0. The fourth-order valence-electron chi connectivity index (χ4n) is 3.08. The Labute approximate surface area is 161 Å². The molecule has 0 atom stereocenters. The molecule has 4 N–H and O–H groups in total. The summed E-state index contributed by atoms with van der Waals surface area (Å²) in [5.74, 6) is 1.92. The molecule has 3 aromatic heterocycles. The highest BCUT2D eigenvalue weighted by Gasteiger charge is 2.14. The fraction of sp³-hybridized carbons (Fsp3) is 0.150. The van der Waals surface area contributed by atoms with Gasteiger partial charge in [0.1, 0.15) is 17.4 Å². The molecule has 28 heavy (non-hydrogen) atoms. The number of pyridine rings is 2. The minimum absolute atomic E-state index is 0.0602. The van der Waals surface area contributed by atoms with Crippen molar-refractivity contribution in [3.63, 3.8) is 0 Å². The van der Waals surface area contributed by atoms with Crippen molar-refractivity contribution in [3.8, 4) is 11.6 Å². The molecule has 0 spiro atoms. The van der Waals surface area contributed by atoms with E-state index in [4.69, 9.17) is 0 Å². The number of fused-ring (bicyclic) bond motifs is 1. The number of phenols is 1. The van der Waals surface area contributed by atoms with Crippen LogP contribution in [0.3, 0.4) is 0 Å². The molecule has 142 valence electrons. The molecule has 0 amide bonds. The van der Waals surface area contributed by atoms with Gasteiger partial charge in [-0.2, -0.15) is 10.1 Å². The molecule has 0 fully saturated rings. The van der Waals surface area contributed by atoms with E-state index in [0.29, 0.717) is 17.5 Å². The van der Waals surface area contributed by atoms with Gasteiger partial charge >= 0.3 is 0 Å². The van der Waals surface area contributed by atoms with Gasteiger partial charge in [-0.3, -0.25) is 4.68 Å². The quantitative estimate of drug-likeness (QED) is 0.428. The second kappa shape index (κ2) is 6.73. The van der Waals surface area contributed by atoms with Crippen molar-refractivity contribution in [1.82, 2.24) is 19.7 Å². The molecule has 0 aliphatic heterocycles. The number of aryl methyl sites for hydroxylation is 2. The van der Waals surface area contributed by atoms with Crippen LogP contribution in [-0.4, -0.2) is 30.0 Å². The van der Waals surface area contributed by atoms with Crippen LogP contribution in [0.15, 0.2) is 42.6 Å². The predicted octanol–water partition coefficient (Wildman–Crippen LogP) is 3.88. The molecule has 0 aliphatic carbocycles. The van der Waals surface area contributed by atoms with Crippen LogP contribution in [-0.2, 0) is 7.05 Å². The second-order valence-electron chi connectivity index (χ2n) is 6.59. The summed E-state index contributed by atoms with van der Waals surface area (Å²) in [5, 5.41) is 31.3. The molecule has 4 aromatic rings. The molecule has 0 saturated carbocycles. The first-order valence-corrected chi connectivity index (χ1v) is 8.74. The van der Waals surface area contributed by atoms with Crippen molar-refractivity contribution in [1.29, 1.82) is 0 Å². The highest BCUT2D eigenvalue weighted by molar-refractivity contribution is 5.93. The second-order valence-corrected chi connectivity index (χ2v) is 6.59. The minimum Gasteiger partial charge on any atom is -0.508 e. The van der Waals surface area contributed by atoms with Crippen LogP contribution < -0.4 is 10.6 Å². The van der Waals surface area contributed by atoms with Crippen molar-refractivity contribution >= 4 is 34.0 Å². The molecule has 0 aliphatic rings. The Bertz CT molecular complexity index is 1180. The summed E-state index contributed by atoms with van der Waals surface area (Å²) in [4.78, 5) is 8.44. The summed E-state index contributed by atoms with van der Waals surface area (Å²) in [6, 6.07) is 10.4. The number of anilines is 4. The number of benzene rings is 1. The summed E-state index contributed by atoms with van der Waals surface area (Å²) in [6.07, 6.45) is 1.73. The Balaban J connectivity index is 1.70. The van der Waals surface area contributed by atoms with E-state index in [-0.39, 0.29) is 11.6 Å². The zero-order valence-corrected chi connectivity index (χ0v) is 15.7. The van der Waals surface area contributed by atoms with Gasteiger partial charge in [0.15, 0.2) is 5.82 Å². The van der Waals surface area contributed by atoms with Crippen molar-refractivity contribution < 1.29 is 10.2 Å². The maximum absolute atomic E-state index is 10.0. The third-order valence-electron chi connectivity index (χ3n) is 4.61. The molecule has 0 radical (unpaired) electrons. The topological polar surface area (TPSA) is 108 Å². The van der Waals surface area contributed by atoms with Crippen LogP contribution in [0.1, 0.15) is 11.1 Å². The average Bonchev–Trinajstić information content (AvgIpc) is 2.97. The number of aromatic hydroxyl groups is 2. The number of rotatable bonds is 4. The van der Waals surface area contributed by atoms with Crippen LogP contribution in [0.2, 0.25) is 0 Å². The molecular formula is C20H20N6O2. The lowest BCUT2D eigenvalue weighted by molar-refractivity contribution is 0.454. The summed E-state index contributed by atoms with van der Waals surface area (Å²) >= 11 is 0. The first-order chi connectivity index (χ1) is 13.4. The smallest absolute Gasteiger partial charge is 0.212 e. The van der Waals surface area contributed by atoms with E-state index >= 15 is 0 Å². The molecular weight excluding hydrogens is 356 g/mol. The standard InChI is InChI=1S/C20H20N6O2/c1-11-7-8-15(27)12(2)19(11)24-20-13-10-21-17(9-14(13)26(3)25-20)22-16-5-4-6-18(28)23-16/h4-10,27H,1-3H3,(H,24,25)(H2,21,22,23,28). The Morgan fingerprint density at radius 2 is 1.82 bits per heavy atom. The van der Waals surface area contributed by atoms with Gasteiger partial charge in [-0.05, 0) is 31.5 Å². The Kier molecular flexibility index (Phi) is 4.23. The van der Waals surface area contributed by atoms with Crippen molar-refractivity contribution in [2.75, 3.05) is 10.6 Å². The number of hydrogen-bond acceptors (Lipinski definition) is 7. The Morgan fingerprint density at radius 3 is 2.61 bits per heavy atom. The van der Waals surface area contributed by atoms with Gasteiger partial charge in [0.2, 0.25) is 5.88 Å². The molecule has 4 rings (SSSR count). The Hall–Kier alpha value is -3.81. The van der Waals surface area contributed by atoms with Crippen molar-refractivity contribution in [2.45, 2.75) is 13.8 Å². The number of hydrogen-bond donors (Lipinski definition) is 4. The maximum Gasteiger partial charge on any atom is 0.212 e. The van der Waals surface area contributed by atoms with Crippen molar-refractivity contribution in [3.05, 3.63) is 53.7 Å². The third-order valence-corrected chi connectivity index (χ3v) is 4.61. The lowest BCUT2D eigenvalue weighted by atomic mass is 10.1. The predicted molar refractivity (Wildman–Crippen MR) is 109 cm³/mol. The van der Waals surface area contributed by atoms with E-state index in [1.54, 1.807) is 29.1 Å². The lowest BCUT2D eigenvalue weighted by Gasteiger charge is -2.12. The van der Waals surface area contributed by atoms with Gasteiger partial charge in [0, 0.05) is 36.6 Å². The average molecular weight is 376 g/mol. The van der Waals surface area contributed by atoms with Crippen LogP contribution >= 0.6 is 0 Å². The number of nitrogens with zero attached hydrogens (tertiary/aromatic N) is 4. The number of phenolic OH excluding ortho intramolecular Hbond substituents is 1. The maximum atomic E-state index is 10.0. The molecule has 3 heterocycles. The fourth-order valence-corrected chi connectivity index (χ4v) is 3.08. The molecule has 0 saturated heterocycles. The summed E-state index contributed by atoms with van der Waals surface area (Å²) in [6.45, 7) is 3.83. The summed E-state index contributed by atoms with van der Waals surface area (Å²) < 4.78 is 1.76. The van der Waals surface area contributed by atoms with E-state index in [2.05, 4.69) is 25.7 Å². The lowest BCUT2D eigenvalue weighted by Crippen LogP contribution is -1.98. The van der Waals surface area contributed by atoms with Crippen LogP contribution in [0.5, 0.6) is 11.6 Å². The van der Waals surface area contributed by atoms with Gasteiger partial charge in [-0.1, -0.05) is 12.1 Å². The zero-order valence-electron chi connectivity index (χ0n) is 15.7. The van der Waals surface area contributed by atoms with Gasteiger partial charge < -0.3 is 20.8 Å².